The van der Waals surface area contributed by atoms with Crippen LogP contribution in [0.5, 0.6) is 0 Å². The number of benzene rings is 1. The lowest BCUT2D eigenvalue weighted by Gasteiger charge is -1.95. The molecule has 0 aliphatic rings. The Hall–Kier alpha value is -3.21. The molecule has 3 rings (SSSR count). The summed E-state index contributed by atoms with van der Waals surface area (Å²) in [6, 6.07) is 13.0. The van der Waals surface area contributed by atoms with Crippen LogP contribution >= 0.6 is 0 Å². The van der Waals surface area contributed by atoms with Gasteiger partial charge in [-0.05, 0) is 36.3 Å². The molecule has 5 heteroatoms. The molecular formula is C18H15N3O2. The zero-order chi connectivity index (χ0) is 16.2. The molecule has 0 amide bonds. The monoisotopic (exact) mass is 305 g/mol. The van der Waals surface area contributed by atoms with Gasteiger partial charge in [0.1, 0.15) is 10.7 Å². The van der Waals surface area contributed by atoms with Crippen LogP contribution in [0.2, 0.25) is 0 Å². The number of aryl methyl sites for hydroxylation is 1. The highest BCUT2D eigenvalue weighted by Crippen LogP contribution is 1.98. The van der Waals surface area contributed by atoms with Crippen LogP contribution in [0.4, 0.5) is 0 Å². The summed E-state index contributed by atoms with van der Waals surface area (Å²) < 4.78 is 0. The molecule has 0 saturated heterocycles. The summed E-state index contributed by atoms with van der Waals surface area (Å²) in [5.41, 5.74) is 1.75. The van der Waals surface area contributed by atoms with E-state index in [0.29, 0.717) is 5.69 Å². The maximum Gasteiger partial charge on any atom is 0.272 e. The van der Waals surface area contributed by atoms with Gasteiger partial charge in [0, 0.05) is 6.20 Å². The van der Waals surface area contributed by atoms with E-state index in [4.69, 9.17) is 0 Å². The van der Waals surface area contributed by atoms with Gasteiger partial charge >= 0.3 is 0 Å². The molecule has 0 spiro atoms. The lowest BCUT2D eigenvalue weighted by Crippen LogP contribution is -2.46. The fourth-order valence-electron chi connectivity index (χ4n) is 2.12. The van der Waals surface area contributed by atoms with Gasteiger partial charge in [-0.25, -0.2) is 0 Å². The van der Waals surface area contributed by atoms with Crippen LogP contribution in [0.1, 0.15) is 16.8 Å². The highest BCUT2D eigenvalue weighted by atomic mass is 16.1. The highest BCUT2D eigenvalue weighted by molar-refractivity contribution is 5.47. The Morgan fingerprint density at radius 3 is 2.13 bits per heavy atom. The second kappa shape index (κ2) is 6.27. The van der Waals surface area contributed by atoms with E-state index in [1.165, 1.54) is 0 Å². The van der Waals surface area contributed by atoms with E-state index in [-0.39, 0.29) is 21.8 Å². The lowest BCUT2D eigenvalue weighted by molar-refractivity contribution is 1.00. The van der Waals surface area contributed by atoms with E-state index < -0.39 is 0 Å². The van der Waals surface area contributed by atoms with Gasteiger partial charge in [0.15, 0.2) is 0 Å². The third-order valence-electron chi connectivity index (χ3n) is 3.32. The molecule has 2 heterocycles. The summed E-state index contributed by atoms with van der Waals surface area (Å²) in [7, 11) is 0. The number of aromatic amines is 2. The van der Waals surface area contributed by atoms with Crippen molar-refractivity contribution in [2.45, 2.75) is 6.92 Å². The molecule has 0 bridgehead atoms. The zero-order valence-corrected chi connectivity index (χ0v) is 12.5. The topological polar surface area (TPSA) is 78.6 Å². The van der Waals surface area contributed by atoms with E-state index in [0.717, 1.165) is 11.1 Å². The fraction of sp³-hybridized carbons (Fsp3) is 0.0556. The summed E-state index contributed by atoms with van der Waals surface area (Å²) in [5, 5.41) is 0.395. The van der Waals surface area contributed by atoms with E-state index in [2.05, 4.69) is 15.0 Å². The number of hydrogen-bond acceptors (Lipinski definition) is 3. The average molecular weight is 305 g/mol. The number of hydrogen-bond donors (Lipinski definition) is 2. The van der Waals surface area contributed by atoms with Crippen LogP contribution in [0, 0.1) is 6.92 Å². The second-order valence-electron chi connectivity index (χ2n) is 5.20. The average Bonchev–Trinajstić information content (AvgIpc) is 2.55. The van der Waals surface area contributed by atoms with Gasteiger partial charge in [-0.1, -0.05) is 36.4 Å². The smallest absolute Gasteiger partial charge is 0.272 e. The molecule has 0 aliphatic carbocycles. The Morgan fingerprint density at radius 2 is 1.52 bits per heavy atom. The van der Waals surface area contributed by atoms with Crippen molar-refractivity contribution in [3.63, 3.8) is 0 Å². The molecule has 0 atom stereocenters. The predicted octanol–water partition coefficient (Wildman–Crippen LogP) is 0.424. The molecule has 0 unspecified atom stereocenters. The standard InChI is InChI=1S/C18H15N3O2/c1-12-7-8-14(19-11-12)10-16-18(23)20-15(17(22)21-16)9-13-5-3-2-4-6-13/h2-11H,1H3,(H,20,23)(H,21,22)/b15-9+,16-10-. The maximum atomic E-state index is 12.1. The molecule has 23 heavy (non-hydrogen) atoms. The van der Waals surface area contributed by atoms with Gasteiger partial charge in [0.25, 0.3) is 11.1 Å². The fourth-order valence-corrected chi connectivity index (χ4v) is 2.12. The summed E-state index contributed by atoms with van der Waals surface area (Å²) in [5.74, 6) is 0. The van der Waals surface area contributed by atoms with Crippen molar-refractivity contribution in [3.05, 3.63) is 96.9 Å². The molecule has 0 radical (unpaired) electrons. The van der Waals surface area contributed by atoms with Crippen molar-refractivity contribution in [2.24, 2.45) is 0 Å². The van der Waals surface area contributed by atoms with E-state index in [9.17, 15) is 9.59 Å². The first kappa shape index (κ1) is 14.7. The summed E-state index contributed by atoms with van der Waals surface area (Å²) in [6.07, 6.45) is 4.88. The second-order valence-corrected chi connectivity index (χ2v) is 5.20. The number of nitrogens with zero attached hydrogens (tertiary/aromatic N) is 1. The van der Waals surface area contributed by atoms with Crippen LogP contribution < -0.4 is 21.8 Å². The number of aromatic nitrogens is 3. The molecular weight excluding hydrogens is 290 g/mol. The minimum absolute atomic E-state index is 0.177. The SMILES string of the molecule is Cc1ccc(/C=c2\[nH]c(=O)/c(=C\c3ccccc3)[nH]c2=O)nc1. The van der Waals surface area contributed by atoms with Crippen molar-refractivity contribution in [3.8, 4) is 0 Å². The number of rotatable bonds is 2. The van der Waals surface area contributed by atoms with Crippen LogP contribution in [-0.4, -0.2) is 15.0 Å². The number of pyridine rings is 1. The van der Waals surface area contributed by atoms with Gasteiger partial charge in [0.05, 0.1) is 5.69 Å². The molecule has 2 N–H and O–H groups in total. The zero-order valence-electron chi connectivity index (χ0n) is 12.5. The Balaban J connectivity index is 2.12. The minimum atomic E-state index is -0.367. The minimum Gasteiger partial charge on any atom is -0.316 e. The van der Waals surface area contributed by atoms with Gasteiger partial charge in [0.2, 0.25) is 0 Å². The molecule has 0 aliphatic heterocycles. The third kappa shape index (κ3) is 3.52. The lowest BCUT2D eigenvalue weighted by atomic mass is 10.2. The van der Waals surface area contributed by atoms with Gasteiger partial charge in [-0.3, -0.25) is 14.6 Å². The van der Waals surface area contributed by atoms with Crippen molar-refractivity contribution in [1.29, 1.82) is 0 Å². The number of H-pyrrole nitrogens is 2. The van der Waals surface area contributed by atoms with E-state index >= 15 is 0 Å². The Labute approximate surface area is 131 Å². The van der Waals surface area contributed by atoms with Crippen molar-refractivity contribution in [2.75, 3.05) is 0 Å². The van der Waals surface area contributed by atoms with Crippen molar-refractivity contribution >= 4 is 12.2 Å². The molecule has 1 aromatic carbocycles. The first-order valence-electron chi connectivity index (χ1n) is 7.15. The molecule has 0 saturated carbocycles. The predicted molar refractivity (Wildman–Crippen MR) is 89.5 cm³/mol. The van der Waals surface area contributed by atoms with Crippen LogP contribution in [0.3, 0.4) is 0 Å². The van der Waals surface area contributed by atoms with Crippen LogP contribution in [0.15, 0.2) is 58.3 Å². The first-order valence-corrected chi connectivity index (χ1v) is 7.15. The van der Waals surface area contributed by atoms with Crippen LogP contribution in [0.25, 0.3) is 12.2 Å². The van der Waals surface area contributed by atoms with Gasteiger partial charge in [-0.2, -0.15) is 0 Å². The van der Waals surface area contributed by atoms with Crippen molar-refractivity contribution in [1.82, 2.24) is 15.0 Å². The van der Waals surface area contributed by atoms with Crippen molar-refractivity contribution < 1.29 is 0 Å². The molecule has 3 aromatic rings. The molecule has 2 aromatic heterocycles. The quantitative estimate of drug-likeness (QED) is 0.720. The maximum absolute atomic E-state index is 12.1. The summed E-state index contributed by atoms with van der Waals surface area (Å²) in [6.45, 7) is 1.93. The van der Waals surface area contributed by atoms with Crippen LogP contribution in [-0.2, 0) is 0 Å². The Bertz CT molecular complexity index is 1050. The summed E-state index contributed by atoms with van der Waals surface area (Å²) in [4.78, 5) is 33.7. The number of nitrogens with one attached hydrogen (secondary N) is 2. The van der Waals surface area contributed by atoms with E-state index in [1.807, 2.05) is 43.3 Å². The highest BCUT2D eigenvalue weighted by Gasteiger charge is 1.97. The first-order chi connectivity index (χ1) is 11.1. The summed E-state index contributed by atoms with van der Waals surface area (Å²) >= 11 is 0. The molecule has 114 valence electrons. The Kier molecular flexibility index (Phi) is 4.01. The third-order valence-corrected chi connectivity index (χ3v) is 3.32. The normalized spacial score (nSPS) is 12.6. The molecule has 0 fully saturated rings. The molecule has 5 nitrogen and oxygen atoms in total. The van der Waals surface area contributed by atoms with Gasteiger partial charge < -0.3 is 9.97 Å². The largest absolute Gasteiger partial charge is 0.316 e. The van der Waals surface area contributed by atoms with E-state index in [1.54, 1.807) is 24.4 Å². The van der Waals surface area contributed by atoms with Gasteiger partial charge in [-0.15, -0.1) is 0 Å². The Morgan fingerprint density at radius 1 is 0.870 bits per heavy atom.